The Morgan fingerprint density at radius 3 is 2.50 bits per heavy atom. The Morgan fingerprint density at radius 2 is 1.80 bits per heavy atom. The molecule has 0 aliphatic carbocycles. The molecule has 0 radical (unpaired) electrons. The number of anilines is 1. The second kappa shape index (κ2) is 8.63. The molecule has 0 atom stereocenters. The molecule has 1 aliphatic rings. The molecule has 8 heteroatoms. The second-order valence-corrected chi connectivity index (χ2v) is 7.69. The number of alkyl halides is 3. The van der Waals surface area contributed by atoms with Gasteiger partial charge in [0.15, 0.2) is 0 Å². The van der Waals surface area contributed by atoms with Crippen LogP contribution in [0, 0.1) is 5.82 Å². The molecule has 0 amide bonds. The Kier molecular flexibility index (Phi) is 5.94. The molecule has 0 spiro atoms. The monoisotopic (exact) mass is 420 g/mol. The molecule has 1 fully saturated rings. The lowest BCUT2D eigenvalue weighted by molar-refractivity contribution is -0.137. The number of aromatic amines is 1. The first kappa shape index (κ1) is 20.7. The molecule has 1 N–H and O–H groups in total. The maximum absolute atomic E-state index is 13.5. The first-order valence-corrected chi connectivity index (χ1v) is 10.2. The molecule has 4 rings (SSSR count). The van der Waals surface area contributed by atoms with Crippen LogP contribution in [-0.4, -0.2) is 47.6 Å². The van der Waals surface area contributed by atoms with Gasteiger partial charge >= 0.3 is 6.18 Å². The number of rotatable bonds is 6. The van der Waals surface area contributed by atoms with Crippen LogP contribution in [0.3, 0.4) is 0 Å². The first-order chi connectivity index (χ1) is 14.4. The van der Waals surface area contributed by atoms with Crippen molar-refractivity contribution in [1.29, 1.82) is 0 Å². The standard InChI is InChI=1S/C22H24F4N4/c23-18-5-6-20-19(13-18)16(14-27-20)3-1-2-8-29-9-11-30(12-10-29)21-7-4-17(15-28-21)22(24,25)26/h4-7,13-15,27H,1-3,8-12H2. The third-order valence-electron chi connectivity index (χ3n) is 5.67. The Hall–Kier alpha value is -2.61. The van der Waals surface area contributed by atoms with Crippen molar-refractivity contribution in [2.24, 2.45) is 0 Å². The van der Waals surface area contributed by atoms with Gasteiger partial charge in [0.05, 0.1) is 5.56 Å². The highest BCUT2D eigenvalue weighted by atomic mass is 19.4. The van der Waals surface area contributed by atoms with Crippen molar-refractivity contribution in [2.45, 2.75) is 25.4 Å². The molecule has 0 unspecified atom stereocenters. The van der Waals surface area contributed by atoms with Gasteiger partial charge in [-0.15, -0.1) is 0 Å². The fraction of sp³-hybridized carbons (Fsp3) is 0.409. The molecule has 0 bridgehead atoms. The van der Waals surface area contributed by atoms with Crippen LogP contribution in [0.25, 0.3) is 10.9 Å². The number of nitrogens with one attached hydrogen (secondary N) is 1. The summed E-state index contributed by atoms with van der Waals surface area (Å²) in [7, 11) is 0. The SMILES string of the molecule is Fc1ccc2[nH]cc(CCCCN3CCN(c4ccc(C(F)(F)F)cn4)CC3)c2c1. The van der Waals surface area contributed by atoms with E-state index in [1.807, 2.05) is 11.1 Å². The van der Waals surface area contributed by atoms with Gasteiger partial charge in [0.1, 0.15) is 11.6 Å². The number of fused-ring (bicyclic) bond motifs is 1. The van der Waals surface area contributed by atoms with Crippen LogP contribution in [-0.2, 0) is 12.6 Å². The molecule has 3 aromatic rings. The number of piperazine rings is 1. The van der Waals surface area contributed by atoms with Gasteiger partial charge in [0, 0.05) is 49.5 Å². The van der Waals surface area contributed by atoms with E-state index in [9.17, 15) is 17.6 Å². The largest absolute Gasteiger partial charge is 0.417 e. The molecule has 1 saturated heterocycles. The summed E-state index contributed by atoms with van der Waals surface area (Å²) in [6.07, 6.45) is 1.47. The van der Waals surface area contributed by atoms with E-state index >= 15 is 0 Å². The number of aryl methyl sites for hydroxylation is 1. The van der Waals surface area contributed by atoms with Gasteiger partial charge in [-0.3, -0.25) is 4.90 Å². The minimum Gasteiger partial charge on any atom is -0.361 e. The minimum atomic E-state index is -4.36. The lowest BCUT2D eigenvalue weighted by atomic mass is 10.1. The number of hydrogen-bond acceptors (Lipinski definition) is 3. The zero-order chi connectivity index (χ0) is 21.1. The molecular weight excluding hydrogens is 396 g/mol. The molecule has 30 heavy (non-hydrogen) atoms. The average molecular weight is 420 g/mol. The van der Waals surface area contributed by atoms with Crippen molar-refractivity contribution in [3.8, 4) is 0 Å². The van der Waals surface area contributed by atoms with Gasteiger partial charge in [0.25, 0.3) is 0 Å². The summed E-state index contributed by atoms with van der Waals surface area (Å²) in [5.74, 6) is 0.373. The fourth-order valence-electron chi connectivity index (χ4n) is 3.95. The van der Waals surface area contributed by atoms with E-state index < -0.39 is 11.7 Å². The molecular formula is C22H24F4N4. The first-order valence-electron chi connectivity index (χ1n) is 10.2. The maximum Gasteiger partial charge on any atom is 0.417 e. The van der Waals surface area contributed by atoms with E-state index in [1.54, 1.807) is 12.1 Å². The van der Waals surface area contributed by atoms with E-state index in [4.69, 9.17) is 0 Å². The van der Waals surface area contributed by atoms with Crippen LogP contribution in [0.4, 0.5) is 23.4 Å². The number of unbranched alkanes of at least 4 members (excludes halogenated alkanes) is 1. The van der Waals surface area contributed by atoms with E-state index in [0.29, 0.717) is 5.82 Å². The Balaban J connectivity index is 1.21. The quantitative estimate of drug-likeness (QED) is 0.457. The second-order valence-electron chi connectivity index (χ2n) is 7.69. The number of halogens is 4. The van der Waals surface area contributed by atoms with E-state index in [-0.39, 0.29) is 5.82 Å². The lowest BCUT2D eigenvalue weighted by Crippen LogP contribution is -2.46. The average Bonchev–Trinajstić information content (AvgIpc) is 3.13. The number of pyridine rings is 1. The van der Waals surface area contributed by atoms with Crippen LogP contribution in [0.1, 0.15) is 24.0 Å². The van der Waals surface area contributed by atoms with Crippen molar-refractivity contribution in [2.75, 3.05) is 37.6 Å². The van der Waals surface area contributed by atoms with Gasteiger partial charge in [0.2, 0.25) is 0 Å². The van der Waals surface area contributed by atoms with Gasteiger partial charge in [-0.2, -0.15) is 13.2 Å². The molecule has 1 aliphatic heterocycles. The number of H-pyrrole nitrogens is 1. The van der Waals surface area contributed by atoms with E-state index in [2.05, 4.69) is 14.9 Å². The summed E-state index contributed by atoms with van der Waals surface area (Å²) >= 11 is 0. The van der Waals surface area contributed by atoms with E-state index in [1.165, 1.54) is 12.1 Å². The summed E-state index contributed by atoms with van der Waals surface area (Å²) in [5, 5.41) is 0.952. The molecule has 0 saturated carbocycles. The highest BCUT2D eigenvalue weighted by molar-refractivity contribution is 5.83. The molecule has 3 heterocycles. The van der Waals surface area contributed by atoms with Gasteiger partial charge in [-0.25, -0.2) is 9.37 Å². The summed E-state index contributed by atoms with van der Waals surface area (Å²) in [6.45, 7) is 4.20. The summed E-state index contributed by atoms with van der Waals surface area (Å²) in [5.41, 5.74) is 1.38. The maximum atomic E-state index is 13.5. The summed E-state index contributed by atoms with van der Waals surface area (Å²) in [6, 6.07) is 7.34. The lowest BCUT2D eigenvalue weighted by Gasteiger charge is -2.35. The molecule has 2 aromatic heterocycles. The smallest absolute Gasteiger partial charge is 0.361 e. The highest BCUT2D eigenvalue weighted by Crippen LogP contribution is 2.29. The molecule has 1 aromatic carbocycles. The van der Waals surface area contributed by atoms with Crippen LogP contribution in [0.5, 0.6) is 0 Å². The minimum absolute atomic E-state index is 0.219. The summed E-state index contributed by atoms with van der Waals surface area (Å²) in [4.78, 5) is 11.6. The van der Waals surface area contributed by atoms with Crippen LogP contribution < -0.4 is 4.90 Å². The topological polar surface area (TPSA) is 35.2 Å². The predicted molar refractivity (Wildman–Crippen MR) is 109 cm³/mol. The normalized spacial score (nSPS) is 15.8. The van der Waals surface area contributed by atoms with Gasteiger partial charge in [-0.1, -0.05) is 0 Å². The Bertz CT molecular complexity index is 973. The van der Waals surface area contributed by atoms with Crippen LogP contribution in [0.2, 0.25) is 0 Å². The Morgan fingerprint density at radius 1 is 1.00 bits per heavy atom. The van der Waals surface area contributed by atoms with Crippen LogP contribution >= 0.6 is 0 Å². The third-order valence-corrected chi connectivity index (χ3v) is 5.67. The van der Waals surface area contributed by atoms with Crippen LogP contribution in [0.15, 0.2) is 42.7 Å². The highest BCUT2D eigenvalue weighted by Gasteiger charge is 2.31. The summed E-state index contributed by atoms with van der Waals surface area (Å²) < 4.78 is 51.5. The van der Waals surface area contributed by atoms with Crippen molar-refractivity contribution in [1.82, 2.24) is 14.9 Å². The third kappa shape index (κ3) is 4.75. The number of hydrogen-bond donors (Lipinski definition) is 1. The number of aromatic nitrogens is 2. The van der Waals surface area contributed by atoms with Crippen molar-refractivity contribution >= 4 is 16.7 Å². The zero-order valence-corrected chi connectivity index (χ0v) is 16.6. The van der Waals surface area contributed by atoms with Crippen molar-refractivity contribution in [3.05, 3.63) is 59.7 Å². The fourth-order valence-corrected chi connectivity index (χ4v) is 3.95. The molecule has 160 valence electrons. The number of nitrogens with zero attached hydrogens (tertiary/aromatic N) is 3. The zero-order valence-electron chi connectivity index (χ0n) is 16.6. The van der Waals surface area contributed by atoms with Crippen molar-refractivity contribution < 1.29 is 17.6 Å². The van der Waals surface area contributed by atoms with E-state index in [0.717, 1.165) is 80.7 Å². The molecule has 4 nitrogen and oxygen atoms in total. The van der Waals surface area contributed by atoms with Crippen molar-refractivity contribution in [3.63, 3.8) is 0 Å². The van der Waals surface area contributed by atoms with Gasteiger partial charge < -0.3 is 9.88 Å². The number of benzene rings is 1. The Labute approximate surface area is 172 Å². The predicted octanol–water partition coefficient (Wildman–Crippen LogP) is 4.87. The van der Waals surface area contributed by atoms with Gasteiger partial charge in [-0.05, 0) is 61.7 Å².